The van der Waals surface area contributed by atoms with Crippen molar-refractivity contribution in [2.24, 2.45) is 9.98 Å². The molecule has 0 fully saturated rings. The summed E-state index contributed by atoms with van der Waals surface area (Å²) in [6.07, 6.45) is 0. The van der Waals surface area contributed by atoms with Gasteiger partial charge in [-0.15, -0.1) is 0 Å². The van der Waals surface area contributed by atoms with Crippen molar-refractivity contribution in [1.29, 1.82) is 0 Å². The maximum Gasteiger partial charge on any atom is 0.202 e. The van der Waals surface area contributed by atoms with Gasteiger partial charge in [-0.05, 0) is 22.7 Å². The summed E-state index contributed by atoms with van der Waals surface area (Å²) < 4.78 is 0. The van der Waals surface area contributed by atoms with Crippen LogP contribution in [0.2, 0.25) is 0 Å². The molecule has 3 nitrogen and oxygen atoms in total. The summed E-state index contributed by atoms with van der Waals surface area (Å²) in [5.41, 5.74) is 2.68. The third-order valence-electron chi connectivity index (χ3n) is 3.29. The first-order valence-electron chi connectivity index (χ1n) is 6.50. The predicted octanol–water partition coefficient (Wildman–Crippen LogP) is 4.16. The maximum atomic E-state index is 6.11. The molecule has 0 spiro atoms. The zero-order chi connectivity index (χ0) is 14.8. The van der Waals surface area contributed by atoms with Crippen molar-refractivity contribution in [3.8, 4) is 11.1 Å². The van der Waals surface area contributed by atoms with Crippen molar-refractivity contribution in [2.45, 2.75) is 5.62 Å². The molecular formula is C16H13Cl2N3. The SMILES string of the molecule is CN1C(Cl)=NC(c2ccc(-c3ccccc3)cc2)=NC1Cl. The van der Waals surface area contributed by atoms with Gasteiger partial charge in [-0.25, -0.2) is 4.99 Å². The summed E-state index contributed by atoms with van der Waals surface area (Å²) in [5.74, 6) is 0.553. The highest BCUT2D eigenvalue weighted by Gasteiger charge is 2.20. The second kappa shape index (κ2) is 5.88. The zero-order valence-corrected chi connectivity index (χ0v) is 12.9. The molecule has 0 N–H and O–H groups in total. The monoisotopic (exact) mass is 317 g/mol. The first kappa shape index (κ1) is 14.1. The molecule has 0 bridgehead atoms. The van der Waals surface area contributed by atoms with E-state index in [0.717, 1.165) is 11.1 Å². The smallest absolute Gasteiger partial charge is 0.202 e. The second-order valence-electron chi connectivity index (χ2n) is 4.70. The summed E-state index contributed by atoms with van der Waals surface area (Å²) in [4.78, 5) is 10.2. The van der Waals surface area contributed by atoms with Crippen LogP contribution in [0.15, 0.2) is 64.6 Å². The van der Waals surface area contributed by atoms with E-state index in [2.05, 4.69) is 22.1 Å². The molecule has 21 heavy (non-hydrogen) atoms. The van der Waals surface area contributed by atoms with Crippen molar-refractivity contribution in [3.63, 3.8) is 0 Å². The number of aliphatic imine (C=N–C) groups is 2. The molecule has 1 unspecified atom stereocenters. The van der Waals surface area contributed by atoms with Gasteiger partial charge < -0.3 is 4.90 Å². The molecule has 0 saturated carbocycles. The number of rotatable bonds is 2. The van der Waals surface area contributed by atoms with Crippen LogP contribution in [0.25, 0.3) is 11.1 Å². The highest BCUT2D eigenvalue weighted by Crippen LogP contribution is 2.22. The lowest BCUT2D eigenvalue weighted by Gasteiger charge is -2.24. The minimum atomic E-state index is -0.529. The standard InChI is InChI=1S/C16H13Cl2N3/c1-21-15(17)19-14(20-16(21)18)13-9-7-12(8-10-13)11-5-3-2-4-6-11/h2-10,15H,1H3. The van der Waals surface area contributed by atoms with Gasteiger partial charge >= 0.3 is 0 Å². The minimum Gasteiger partial charge on any atom is -0.315 e. The highest BCUT2D eigenvalue weighted by molar-refractivity contribution is 6.66. The van der Waals surface area contributed by atoms with Crippen LogP contribution in [0.1, 0.15) is 5.56 Å². The van der Waals surface area contributed by atoms with E-state index in [4.69, 9.17) is 23.2 Å². The van der Waals surface area contributed by atoms with Gasteiger partial charge in [-0.3, -0.25) is 0 Å². The third-order valence-corrected chi connectivity index (χ3v) is 4.03. The highest BCUT2D eigenvalue weighted by atomic mass is 35.5. The van der Waals surface area contributed by atoms with Gasteiger partial charge in [0.05, 0.1) is 0 Å². The summed E-state index contributed by atoms with van der Waals surface area (Å²) >= 11 is 12.2. The van der Waals surface area contributed by atoms with Crippen LogP contribution in [0.5, 0.6) is 0 Å². The summed E-state index contributed by atoms with van der Waals surface area (Å²) in [6, 6.07) is 18.2. The molecule has 106 valence electrons. The van der Waals surface area contributed by atoms with Crippen LogP contribution in [0.4, 0.5) is 0 Å². The number of hydrogen-bond donors (Lipinski definition) is 0. The Morgan fingerprint density at radius 2 is 1.48 bits per heavy atom. The molecule has 0 aromatic heterocycles. The molecule has 2 aromatic rings. The van der Waals surface area contributed by atoms with Crippen molar-refractivity contribution in [3.05, 3.63) is 60.2 Å². The van der Waals surface area contributed by atoms with Crippen LogP contribution in [0, 0.1) is 0 Å². The molecule has 1 heterocycles. The number of alkyl halides is 1. The van der Waals surface area contributed by atoms with E-state index in [0.29, 0.717) is 11.1 Å². The van der Waals surface area contributed by atoms with Crippen molar-refractivity contribution in [1.82, 2.24) is 4.90 Å². The molecule has 0 aliphatic carbocycles. The van der Waals surface area contributed by atoms with Gasteiger partial charge in [0, 0.05) is 12.6 Å². The summed E-state index contributed by atoms with van der Waals surface area (Å²) in [5, 5.41) is 0.340. The number of hydrogen-bond acceptors (Lipinski definition) is 3. The molecule has 2 aromatic carbocycles. The normalized spacial score (nSPS) is 18.2. The van der Waals surface area contributed by atoms with Crippen molar-refractivity contribution < 1.29 is 0 Å². The van der Waals surface area contributed by atoms with Crippen LogP contribution in [-0.4, -0.2) is 28.7 Å². The van der Waals surface area contributed by atoms with Crippen molar-refractivity contribution in [2.75, 3.05) is 7.05 Å². The average molecular weight is 318 g/mol. The molecular weight excluding hydrogens is 305 g/mol. The van der Waals surface area contributed by atoms with Gasteiger partial charge in [0.2, 0.25) is 10.9 Å². The zero-order valence-electron chi connectivity index (χ0n) is 11.4. The maximum absolute atomic E-state index is 6.11. The van der Waals surface area contributed by atoms with E-state index in [1.807, 2.05) is 42.5 Å². The van der Waals surface area contributed by atoms with E-state index in [1.165, 1.54) is 5.56 Å². The van der Waals surface area contributed by atoms with Gasteiger partial charge in [0.15, 0.2) is 5.84 Å². The fraction of sp³-hybridized carbons (Fsp3) is 0.125. The first-order valence-corrected chi connectivity index (χ1v) is 7.31. The van der Waals surface area contributed by atoms with E-state index >= 15 is 0 Å². The van der Waals surface area contributed by atoms with Gasteiger partial charge in [-0.1, -0.05) is 66.2 Å². The lowest BCUT2D eigenvalue weighted by molar-refractivity contribution is 0.480. The Morgan fingerprint density at radius 1 is 0.905 bits per heavy atom. The predicted molar refractivity (Wildman–Crippen MR) is 89.1 cm³/mol. The van der Waals surface area contributed by atoms with Gasteiger partial charge in [0.1, 0.15) is 0 Å². The number of amidine groups is 2. The Labute approximate surface area is 133 Å². The van der Waals surface area contributed by atoms with E-state index in [-0.39, 0.29) is 0 Å². The molecule has 0 radical (unpaired) electrons. The largest absolute Gasteiger partial charge is 0.315 e. The molecule has 0 saturated heterocycles. The fourth-order valence-corrected chi connectivity index (χ4v) is 2.46. The van der Waals surface area contributed by atoms with Crippen LogP contribution >= 0.6 is 23.2 Å². The molecule has 1 atom stereocenters. The lowest BCUT2D eigenvalue weighted by Crippen LogP contribution is -2.33. The Hall–Kier alpha value is -1.84. The Bertz CT molecular complexity index is 693. The molecule has 1 aliphatic heterocycles. The van der Waals surface area contributed by atoms with Gasteiger partial charge in [-0.2, -0.15) is 4.99 Å². The lowest BCUT2D eigenvalue weighted by atomic mass is 10.0. The molecule has 1 aliphatic rings. The van der Waals surface area contributed by atoms with E-state index in [1.54, 1.807) is 11.9 Å². The Kier molecular flexibility index (Phi) is 3.95. The molecule has 5 heteroatoms. The van der Waals surface area contributed by atoms with E-state index in [9.17, 15) is 0 Å². The van der Waals surface area contributed by atoms with Crippen molar-refractivity contribution >= 4 is 34.3 Å². The van der Waals surface area contributed by atoms with Gasteiger partial charge in [0.25, 0.3) is 0 Å². The third kappa shape index (κ3) is 2.94. The molecule has 0 amide bonds. The quantitative estimate of drug-likeness (QED) is 0.603. The first-order chi connectivity index (χ1) is 10.1. The second-order valence-corrected chi connectivity index (χ2v) is 5.43. The fourth-order valence-electron chi connectivity index (χ4n) is 2.05. The number of nitrogens with zero attached hydrogens (tertiary/aromatic N) is 3. The average Bonchev–Trinajstić information content (AvgIpc) is 2.53. The Balaban J connectivity index is 1.90. The van der Waals surface area contributed by atoms with Crippen LogP contribution in [-0.2, 0) is 0 Å². The van der Waals surface area contributed by atoms with E-state index < -0.39 is 5.62 Å². The number of halogens is 2. The number of benzene rings is 2. The minimum absolute atomic E-state index is 0.340. The molecule has 3 rings (SSSR count). The Morgan fingerprint density at radius 3 is 2.10 bits per heavy atom. The topological polar surface area (TPSA) is 28.0 Å². The van der Waals surface area contributed by atoms with Crippen LogP contribution in [0.3, 0.4) is 0 Å². The summed E-state index contributed by atoms with van der Waals surface area (Å²) in [7, 11) is 1.75. The summed E-state index contributed by atoms with van der Waals surface area (Å²) in [6.45, 7) is 0. The van der Waals surface area contributed by atoms with Crippen LogP contribution < -0.4 is 0 Å².